The minimum absolute atomic E-state index is 0.0347. The molecule has 6 heteroatoms. The first kappa shape index (κ1) is 22.5. The maximum atomic E-state index is 13.0. The third kappa shape index (κ3) is 5.18. The normalized spacial score (nSPS) is 19.4. The van der Waals surface area contributed by atoms with Gasteiger partial charge in [-0.15, -0.1) is 0 Å². The maximum Gasteiger partial charge on any atom is 0.234 e. The van der Waals surface area contributed by atoms with Crippen molar-refractivity contribution < 1.29 is 19.0 Å². The molecule has 2 aliphatic rings. The number of likely N-dealkylation sites (tertiary alicyclic amines) is 1. The van der Waals surface area contributed by atoms with Gasteiger partial charge in [-0.25, -0.2) is 0 Å². The molecule has 4 rings (SSSR count). The number of ether oxygens (including phenoxy) is 3. The summed E-state index contributed by atoms with van der Waals surface area (Å²) in [5.41, 5.74) is 2.28. The van der Waals surface area contributed by atoms with Crippen LogP contribution >= 0.6 is 0 Å². The van der Waals surface area contributed by atoms with Crippen LogP contribution in [-0.4, -0.2) is 44.2 Å². The van der Waals surface area contributed by atoms with Crippen molar-refractivity contribution in [1.29, 1.82) is 0 Å². The number of nitrogens with one attached hydrogen (secondary N) is 1. The van der Waals surface area contributed by atoms with Crippen molar-refractivity contribution in [3.8, 4) is 17.2 Å². The number of fused-ring (bicyclic) bond motifs is 1. The van der Waals surface area contributed by atoms with Crippen LogP contribution in [0.3, 0.4) is 0 Å². The average molecular weight is 439 g/mol. The molecule has 2 unspecified atom stereocenters. The van der Waals surface area contributed by atoms with E-state index < -0.39 is 0 Å². The van der Waals surface area contributed by atoms with Crippen molar-refractivity contribution in [1.82, 2.24) is 10.2 Å². The fraction of sp³-hybridized carbons (Fsp3) is 0.500. The number of benzene rings is 2. The molecule has 0 bridgehead atoms. The molecule has 1 amide bonds. The molecule has 0 aromatic heterocycles. The zero-order chi connectivity index (χ0) is 22.5. The van der Waals surface area contributed by atoms with E-state index in [0.717, 1.165) is 48.6 Å². The summed E-state index contributed by atoms with van der Waals surface area (Å²) in [5.74, 6) is 2.78. The van der Waals surface area contributed by atoms with Gasteiger partial charge < -0.3 is 19.5 Å². The van der Waals surface area contributed by atoms with Crippen molar-refractivity contribution in [3.05, 3.63) is 53.6 Å². The molecule has 0 spiro atoms. The monoisotopic (exact) mass is 438 g/mol. The van der Waals surface area contributed by atoms with E-state index in [1.54, 1.807) is 7.11 Å². The van der Waals surface area contributed by atoms with Gasteiger partial charge >= 0.3 is 0 Å². The number of amides is 1. The molecule has 0 aliphatic carbocycles. The summed E-state index contributed by atoms with van der Waals surface area (Å²) in [5, 5.41) is 3.26. The molecule has 32 heavy (non-hydrogen) atoms. The van der Waals surface area contributed by atoms with Crippen LogP contribution in [0.15, 0.2) is 42.5 Å². The largest absolute Gasteiger partial charge is 0.497 e. The lowest BCUT2D eigenvalue weighted by atomic mass is 9.96. The molecule has 2 aromatic rings. The quantitative estimate of drug-likeness (QED) is 0.689. The summed E-state index contributed by atoms with van der Waals surface area (Å²) >= 11 is 0. The summed E-state index contributed by atoms with van der Waals surface area (Å²) in [7, 11) is 1.66. The Bertz CT molecular complexity index is 913. The van der Waals surface area contributed by atoms with E-state index in [1.807, 2.05) is 30.3 Å². The zero-order valence-electron chi connectivity index (χ0n) is 19.3. The van der Waals surface area contributed by atoms with Crippen LogP contribution in [0, 0.1) is 5.92 Å². The van der Waals surface area contributed by atoms with Gasteiger partial charge in [-0.2, -0.15) is 0 Å². The van der Waals surface area contributed by atoms with Gasteiger partial charge in [-0.05, 0) is 60.7 Å². The molecule has 2 aliphatic heterocycles. The van der Waals surface area contributed by atoms with Crippen LogP contribution in [-0.2, 0) is 4.79 Å². The number of nitrogens with zero attached hydrogens (tertiary/aromatic N) is 1. The van der Waals surface area contributed by atoms with Crippen molar-refractivity contribution in [2.24, 2.45) is 5.92 Å². The van der Waals surface area contributed by atoms with Crippen molar-refractivity contribution in [2.75, 3.05) is 33.4 Å². The first-order valence-corrected chi connectivity index (χ1v) is 11.6. The second kappa shape index (κ2) is 10.3. The van der Waals surface area contributed by atoms with Gasteiger partial charge in [0.25, 0.3) is 0 Å². The lowest BCUT2D eigenvalue weighted by Crippen LogP contribution is -2.40. The highest BCUT2D eigenvalue weighted by Crippen LogP contribution is 2.37. The molecule has 2 aromatic carbocycles. The molecule has 2 atom stereocenters. The summed E-state index contributed by atoms with van der Waals surface area (Å²) in [6.45, 7) is 6.93. The number of carbonyl (C=O) groups excluding carboxylic acids is 1. The standard InChI is InChI=1S/C26H34N2O4/c1-18(2)26(19-7-10-21(30-3)11-8-19)27-25(29)17-28-13-4-6-22(28)20-9-12-23-24(16-20)32-15-5-14-31-23/h7-12,16,18,22,26H,4-6,13-15,17H2,1-3H3,(H,27,29). The molecule has 0 saturated carbocycles. The molecule has 172 valence electrons. The Hall–Kier alpha value is -2.73. The van der Waals surface area contributed by atoms with Gasteiger partial charge in [0.2, 0.25) is 5.91 Å². The Kier molecular flexibility index (Phi) is 7.20. The van der Waals surface area contributed by atoms with Crippen molar-refractivity contribution in [3.63, 3.8) is 0 Å². The second-order valence-corrected chi connectivity index (χ2v) is 8.95. The van der Waals surface area contributed by atoms with E-state index >= 15 is 0 Å². The molecular weight excluding hydrogens is 404 g/mol. The first-order valence-electron chi connectivity index (χ1n) is 11.6. The third-order valence-corrected chi connectivity index (χ3v) is 6.32. The second-order valence-electron chi connectivity index (χ2n) is 8.95. The molecule has 1 saturated heterocycles. The van der Waals surface area contributed by atoms with Crippen molar-refractivity contribution in [2.45, 2.75) is 45.2 Å². The lowest BCUT2D eigenvalue weighted by Gasteiger charge is -2.28. The van der Waals surface area contributed by atoms with E-state index in [-0.39, 0.29) is 23.9 Å². The van der Waals surface area contributed by atoms with E-state index in [1.165, 1.54) is 5.56 Å². The molecule has 0 radical (unpaired) electrons. The van der Waals surface area contributed by atoms with Gasteiger partial charge in [-0.1, -0.05) is 32.0 Å². The average Bonchev–Trinajstić information content (AvgIpc) is 3.12. The predicted octanol–water partition coefficient (Wildman–Crippen LogP) is 4.51. The van der Waals surface area contributed by atoms with Crippen LogP contribution in [0.1, 0.15) is 56.3 Å². The Morgan fingerprint density at radius 1 is 1.09 bits per heavy atom. The van der Waals surface area contributed by atoms with Crippen LogP contribution in [0.2, 0.25) is 0 Å². The van der Waals surface area contributed by atoms with Crippen LogP contribution in [0.5, 0.6) is 17.2 Å². The number of methoxy groups -OCH3 is 1. The Morgan fingerprint density at radius 3 is 2.56 bits per heavy atom. The van der Waals surface area contributed by atoms with Gasteiger partial charge in [0, 0.05) is 12.5 Å². The highest BCUT2D eigenvalue weighted by molar-refractivity contribution is 5.78. The Labute approximate surface area is 190 Å². The van der Waals surface area contributed by atoms with E-state index in [4.69, 9.17) is 14.2 Å². The zero-order valence-corrected chi connectivity index (χ0v) is 19.3. The molecule has 2 heterocycles. The third-order valence-electron chi connectivity index (χ3n) is 6.32. The summed E-state index contributed by atoms with van der Waals surface area (Å²) in [4.78, 5) is 15.3. The highest BCUT2D eigenvalue weighted by Gasteiger charge is 2.29. The summed E-state index contributed by atoms with van der Waals surface area (Å²) in [6.07, 6.45) is 3.02. The first-order chi connectivity index (χ1) is 15.5. The Morgan fingerprint density at radius 2 is 1.84 bits per heavy atom. The summed E-state index contributed by atoms with van der Waals surface area (Å²) < 4.78 is 16.9. The van der Waals surface area contributed by atoms with Crippen molar-refractivity contribution >= 4 is 5.91 Å². The summed E-state index contributed by atoms with van der Waals surface area (Å²) in [6, 6.07) is 14.3. The molecule has 1 fully saturated rings. The topological polar surface area (TPSA) is 60.0 Å². The maximum absolute atomic E-state index is 13.0. The number of hydrogen-bond donors (Lipinski definition) is 1. The van der Waals surface area contributed by atoms with E-state index in [2.05, 4.69) is 36.2 Å². The Balaban J connectivity index is 1.43. The van der Waals surface area contributed by atoms with Gasteiger partial charge in [0.15, 0.2) is 11.5 Å². The highest BCUT2D eigenvalue weighted by atomic mass is 16.5. The van der Waals surface area contributed by atoms with E-state index in [9.17, 15) is 4.79 Å². The van der Waals surface area contributed by atoms with Crippen LogP contribution < -0.4 is 19.5 Å². The fourth-order valence-electron chi connectivity index (χ4n) is 4.63. The number of hydrogen-bond acceptors (Lipinski definition) is 5. The van der Waals surface area contributed by atoms with E-state index in [0.29, 0.717) is 19.8 Å². The number of rotatable bonds is 7. The SMILES string of the molecule is COc1ccc(C(NC(=O)CN2CCCC2c2ccc3c(c2)OCCCO3)C(C)C)cc1. The van der Waals surface area contributed by atoms with Crippen LogP contribution in [0.25, 0.3) is 0 Å². The smallest absolute Gasteiger partial charge is 0.234 e. The van der Waals surface area contributed by atoms with Gasteiger partial charge in [-0.3, -0.25) is 9.69 Å². The van der Waals surface area contributed by atoms with Gasteiger partial charge in [0.1, 0.15) is 5.75 Å². The minimum Gasteiger partial charge on any atom is -0.497 e. The van der Waals surface area contributed by atoms with Gasteiger partial charge in [0.05, 0.1) is 32.9 Å². The molecule has 6 nitrogen and oxygen atoms in total. The fourth-order valence-corrected chi connectivity index (χ4v) is 4.63. The molecular formula is C26H34N2O4. The number of carbonyl (C=O) groups is 1. The predicted molar refractivity (Wildman–Crippen MR) is 124 cm³/mol. The molecule has 1 N–H and O–H groups in total. The minimum atomic E-state index is -0.0347. The lowest BCUT2D eigenvalue weighted by molar-refractivity contribution is -0.123. The van der Waals surface area contributed by atoms with Crippen LogP contribution in [0.4, 0.5) is 0 Å².